The van der Waals surface area contributed by atoms with Crippen LogP contribution in [0.15, 0.2) is 65.7 Å². The number of carbonyl (C=O) groups excluding carboxylic acids is 1. The highest BCUT2D eigenvalue weighted by Crippen LogP contribution is 2.28. The van der Waals surface area contributed by atoms with Crippen LogP contribution in [-0.2, 0) is 11.3 Å². The molecule has 3 rings (SSSR count). The fourth-order valence-corrected chi connectivity index (χ4v) is 3.29. The maximum absolute atomic E-state index is 12.3. The van der Waals surface area contributed by atoms with E-state index in [1.165, 1.54) is 0 Å². The number of benzene rings is 1. The molecule has 0 fully saturated rings. The van der Waals surface area contributed by atoms with Crippen LogP contribution in [0.1, 0.15) is 19.4 Å². The second kappa shape index (κ2) is 7.49. The van der Waals surface area contributed by atoms with Gasteiger partial charge in [0.15, 0.2) is 0 Å². The molecule has 2 heterocycles. The van der Waals surface area contributed by atoms with Gasteiger partial charge in [0.1, 0.15) is 5.69 Å². The number of thiophene rings is 1. The molecule has 128 valence electrons. The van der Waals surface area contributed by atoms with Crippen LogP contribution in [0.4, 0.5) is 0 Å². The number of hydrogen-bond donors (Lipinski definition) is 0. The predicted octanol–water partition coefficient (Wildman–Crippen LogP) is 4.53. The van der Waals surface area contributed by atoms with Gasteiger partial charge >= 0.3 is 0 Å². The number of nitrogens with zero attached hydrogens (tertiary/aromatic N) is 3. The van der Waals surface area contributed by atoms with Crippen molar-refractivity contribution < 1.29 is 4.79 Å². The molecule has 0 N–H and O–H groups in total. The maximum atomic E-state index is 12.3. The minimum atomic E-state index is 0.00425. The standard InChI is InChI=1S/C20H21N3OS/c1-15(2)12-19(24)22(3)13-16-14-23(17-8-5-4-6-9-17)21-20(16)18-10-7-11-25-18/h4-12,14H,13H2,1-3H3. The minimum absolute atomic E-state index is 0.00425. The van der Waals surface area contributed by atoms with E-state index in [0.717, 1.165) is 27.4 Å². The molecule has 5 heteroatoms. The first-order valence-corrected chi connectivity index (χ1v) is 9.00. The molecule has 1 aromatic carbocycles. The molecule has 0 aliphatic carbocycles. The number of likely N-dealkylation sites (N-methyl/N-ethyl adjacent to an activating group) is 1. The molecule has 1 amide bonds. The Balaban J connectivity index is 1.96. The molecule has 3 aromatic rings. The third-order valence-electron chi connectivity index (χ3n) is 3.76. The van der Waals surface area contributed by atoms with E-state index < -0.39 is 0 Å². The van der Waals surface area contributed by atoms with Gasteiger partial charge in [-0.15, -0.1) is 11.3 Å². The van der Waals surface area contributed by atoms with Gasteiger partial charge in [0.05, 0.1) is 10.6 Å². The van der Waals surface area contributed by atoms with Crippen LogP contribution in [0.3, 0.4) is 0 Å². The number of para-hydroxylation sites is 1. The van der Waals surface area contributed by atoms with Gasteiger partial charge in [-0.25, -0.2) is 4.68 Å². The van der Waals surface area contributed by atoms with Crippen molar-refractivity contribution in [1.82, 2.24) is 14.7 Å². The highest BCUT2D eigenvalue weighted by Gasteiger charge is 2.16. The van der Waals surface area contributed by atoms with Gasteiger partial charge < -0.3 is 4.90 Å². The molecule has 0 radical (unpaired) electrons. The summed E-state index contributed by atoms with van der Waals surface area (Å²) in [6, 6.07) is 14.1. The lowest BCUT2D eigenvalue weighted by atomic mass is 10.2. The summed E-state index contributed by atoms with van der Waals surface area (Å²) in [6.07, 6.45) is 3.67. The molecule has 4 nitrogen and oxygen atoms in total. The van der Waals surface area contributed by atoms with Gasteiger partial charge in [0, 0.05) is 31.4 Å². The van der Waals surface area contributed by atoms with E-state index in [-0.39, 0.29) is 5.91 Å². The first kappa shape index (κ1) is 17.2. The average molecular weight is 351 g/mol. The van der Waals surface area contributed by atoms with Crippen molar-refractivity contribution in [2.75, 3.05) is 7.05 Å². The van der Waals surface area contributed by atoms with Gasteiger partial charge in [-0.3, -0.25) is 4.79 Å². The van der Waals surface area contributed by atoms with Crippen molar-refractivity contribution in [3.05, 3.63) is 71.3 Å². The van der Waals surface area contributed by atoms with E-state index in [0.29, 0.717) is 6.54 Å². The molecule has 0 spiro atoms. The van der Waals surface area contributed by atoms with Crippen molar-refractivity contribution in [2.24, 2.45) is 0 Å². The fraction of sp³-hybridized carbons (Fsp3) is 0.200. The van der Waals surface area contributed by atoms with Crippen molar-refractivity contribution in [3.8, 4) is 16.3 Å². The zero-order valence-electron chi connectivity index (χ0n) is 14.6. The second-order valence-corrected chi connectivity index (χ2v) is 7.12. The Labute approximate surface area is 152 Å². The number of rotatable bonds is 5. The molecule has 25 heavy (non-hydrogen) atoms. The van der Waals surface area contributed by atoms with Crippen LogP contribution >= 0.6 is 11.3 Å². The predicted molar refractivity (Wildman–Crippen MR) is 103 cm³/mol. The van der Waals surface area contributed by atoms with Gasteiger partial charge in [-0.1, -0.05) is 29.8 Å². The molecule has 2 aromatic heterocycles. The summed E-state index contributed by atoms with van der Waals surface area (Å²) in [5, 5.41) is 6.81. The van der Waals surface area contributed by atoms with Crippen molar-refractivity contribution in [1.29, 1.82) is 0 Å². The highest BCUT2D eigenvalue weighted by molar-refractivity contribution is 7.13. The smallest absolute Gasteiger partial charge is 0.246 e. The van der Waals surface area contributed by atoms with Crippen LogP contribution in [0.5, 0.6) is 0 Å². The quantitative estimate of drug-likeness (QED) is 0.634. The molecule has 0 atom stereocenters. The Morgan fingerprint density at radius 1 is 1.20 bits per heavy atom. The van der Waals surface area contributed by atoms with Crippen LogP contribution in [0.25, 0.3) is 16.3 Å². The van der Waals surface area contributed by atoms with Crippen molar-refractivity contribution in [3.63, 3.8) is 0 Å². The molecule has 0 aliphatic heterocycles. The van der Waals surface area contributed by atoms with Crippen LogP contribution in [-0.4, -0.2) is 27.6 Å². The fourth-order valence-electron chi connectivity index (χ4n) is 2.55. The Bertz CT molecular complexity index is 875. The van der Waals surface area contributed by atoms with Crippen molar-refractivity contribution >= 4 is 17.2 Å². The summed E-state index contributed by atoms with van der Waals surface area (Å²) in [4.78, 5) is 15.1. The Morgan fingerprint density at radius 2 is 1.96 bits per heavy atom. The Hall–Kier alpha value is -2.66. The van der Waals surface area contributed by atoms with Gasteiger partial charge in [0.2, 0.25) is 5.91 Å². The minimum Gasteiger partial charge on any atom is -0.338 e. The molecule has 0 saturated heterocycles. The summed E-state index contributed by atoms with van der Waals surface area (Å²) in [5.41, 5.74) is 3.96. The van der Waals surface area contributed by atoms with E-state index in [9.17, 15) is 4.79 Å². The summed E-state index contributed by atoms with van der Waals surface area (Å²) >= 11 is 1.65. The van der Waals surface area contributed by atoms with Gasteiger partial charge in [-0.2, -0.15) is 5.10 Å². The van der Waals surface area contributed by atoms with E-state index in [1.807, 2.05) is 73.6 Å². The first-order chi connectivity index (χ1) is 12.0. The summed E-state index contributed by atoms with van der Waals surface area (Å²) in [6.45, 7) is 4.37. The summed E-state index contributed by atoms with van der Waals surface area (Å²) in [7, 11) is 1.82. The number of amides is 1. The monoisotopic (exact) mass is 351 g/mol. The van der Waals surface area contributed by atoms with Crippen LogP contribution in [0, 0.1) is 0 Å². The molecular formula is C20H21N3OS. The van der Waals surface area contributed by atoms with Crippen LogP contribution in [0.2, 0.25) is 0 Å². The third kappa shape index (κ3) is 4.06. The molecule has 0 saturated carbocycles. The second-order valence-electron chi connectivity index (χ2n) is 6.18. The summed E-state index contributed by atoms with van der Waals surface area (Å²) in [5.74, 6) is 0.00425. The maximum Gasteiger partial charge on any atom is 0.246 e. The number of carbonyl (C=O) groups is 1. The molecule has 0 bridgehead atoms. The molecule has 0 unspecified atom stereocenters. The third-order valence-corrected chi connectivity index (χ3v) is 4.64. The van der Waals surface area contributed by atoms with E-state index in [1.54, 1.807) is 22.3 Å². The molecule has 0 aliphatic rings. The topological polar surface area (TPSA) is 38.1 Å². The number of aromatic nitrogens is 2. The lowest BCUT2D eigenvalue weighted by molar-refractivity contribution is -0.125. The largest absolute Gasteiger partial charge is 0.338 e. The van der Waals surface area contributed by atoms with Gasteiger partial charge in [-0.05, 0) is 37.4 Å². The Morgan fingerprint density at radius 3 is 2.60 bits per heavy atom. The number of hydrogen-bond acceptors (Lipinski definition) is 3. The SMILES string of the molecule is CC(C)=CC(=O)N(C)Cc1cn(-c2ccccc2)nc1-c1cccs1. The Kier molecular flexibility index (Phi) is 5.14. The zero-order valence-corrected chi connectivity index (χ0v) is 15.5. The van der Waals surface area contributed by atoms with E-state index in [4.69, 9.17) is 5.10 Å². The average Bonchev–Trinajstić information content (AvgIpc) is 3.24. The lowest BCUT2D eigenvalue weighted by Crippen LogP contribution is -2.24. The van der Waals surface area contributed by atoms with E-state index in [2.05, 4.69) is 6.07 Å². The highest BCUT2D eigenvalue weighted by atomic mass is 32.1. The first-order valence-electron chi connectivity index (χ1n) is 8.12. The summed E-state index contributed by atoms with van der Waals surface area (Å²) < 4.78 is 1.88. The van der Waals surface area contributed by atoms with Crippen LogP contribution < -0.4 is 0 Å². The van der Waals surface area contributed by atoms with Gasteiger partial charge in [0.25, 0.3) is 0 Å². The zero-order chi connectivity index (χ0) is 17.8. The lowest BCUT2D eigenvalue weighted by Gasteiger charge is -2.15. The van der Waals surface area contributed by atoms with E-state index >= 15 is 0 Å². The normalized spacial score (nSPS) is 10.5. The molecular weight excluding hydrogens is 330 g/mol. The van der Waals surface area contributed by atoms with Crippen molar-refractivity contribution in [2.45, 2.75) is 20.4 Å². The number of allylic oxidation sites excluding steroid dienone is 1.